The van der Waals surface area contributed by atoms with Crippen LogP contribution in [0.5, 0.6) is 0 Å². The SMILES string of the molecule is CCOCCn1c(=NC(=O)C(c2ccccc2)c2ccccc2)sc2cccc(F)c21. The van der Waals surface area contributed by atoms with Gasteiger partial charge >= 0.3 is 0 Å². The number of hydrogen-bond donors (Lipinski definition) is 0. The summed E-state index contributed by atoms with van der Waals surface area (Å²) in [7, 11) is 0. The van der Waals surface area contributed by atoms with Crippen LogP contribution >= 0.6 is 11.3 Å². The zero-order valence-electron chi connectivity index (χ0n) is 17.2. The monoisotopic (exact) mass is 434 g/mol. The Balaban J connectivity index is 1.83. The maximum atomic E-state index is 14.6. The van der Waals surface area contributed by atoms with Gasteiger partial charge in [-0.05, 0) is 30.2 Å². The predicted molar refractivity (Wildman–Crippen MR) is 122 cm³/mol. The van der Waals surface area contributed by atoms with Crippen LogP contribution in [-0.2, 0) is 16.1 Å². The fourth-order valence-corrected chi connectivity index (χ4v) is 4.68. The highest BCUT2D eigenvalue weighted by Gasteiger charge is 2.23. The lowest BCUT2D eigenvalue weighted by atomic mass is 9.91. The lowest BCUT2D eigenvalue weighted by Crippen LogP contribution is -2.22. The minimum absolute atomic E-state index is 0.283. The number of thiazole rings is 1. The molecule has 0 saturated heterocycles. The molecule has 6 heteroatoms. The highest BCUT2D eigenvalue weighted by atomic mass is 32.1. The largest absolute Gasteiger partial charge is 0.380 e. The van der Waals surface area contributed by atoms with Crippen LogP contribution in [0, 0.1) is 5.82 Å². The van der Waals surface area contributed by atoms with Crippen molar-refractivity contribution in [2.75, 3.05) is 13.2 Å². The zero-order valence-corrected chi connectivity index (χ0v) is 18.0. The Hall–Kier alpha value is -3.09. The normalized spacial score (nSPS) is 12.0. The Morgan fingerprint density at radius 2 is 1.65 bits per heavy atom. The van der Waals surface area contributed by atoms with Gasteiger partial charge in [0.2, 0.25) is 0 Å². The average molecular weight is 435 g/mol. The van der Waals surface area contributed by atoms with E-state index in [-0.39, 0.29) is 11.7 Å². The molecule has 0 aliphatic carbocycles. The lowest BCUT2D eigenvalue weighted by molar-refractivity contribution is -0.118. The first kappa shape index (κ1) is 21.2. The molecule has 0 saturated carbocycles. The first-order valence-electron chi connectivity index (χ1n) is 10.2. The van der Waals surface area contributed by atoms with E-state index in [1.165, 1.54) is 17.4 Å². The molecule has 0 radical (unpaired) electrons. The van der Waals surface area contributed by atoms with Crippen molar-refractivity contribution in [3.05, 3.63) is 101 Å². The molecule has 3 aromatic carbocycles. The summed E-state index contributed by atoms with van der Waals surface area (Å²) in [5.74, 6) is -1.14. The molecule has 0 aliphatic rings. The number of nitrogens with zero attached hydrogens (tertiary/aromatic N) is 2. The number of carbonyl (C=O) groups is 1. The summed E-state index contributed by atoms with van der Waals surface area (Å²) in [4.78, 5) is 18.4. The third kappa shape index (κ3) is 4.65. The van der Waals surface area contributed by atoms with E-state index in [1.807, 2.05) is 73.7 Å². The molecule has 4 nitrogen and oxygen atoms in total. The molecule has 0 unspecified atom stereocenters. The maximum absolute atomic E-state index is 14.6. The van der Waals surface area contributed by atoms with Crippen LogP contribution in [0.1, 0.15) is 24.0 Å². The van der Waals surface area contributed by atoms with Gasteiger partial charge in [0, 0.05) is 13.2 Å². The fourth-order valence-electron chi connectivity index (χ4n) is 3.61. The molecule has 1 heterocycles. The van der Waals surface area contributed by atoms with Gasteiger partial charge in [-0.1, -0.05) is 78.1 Å². The van der Waals surface area contributed by atoms with E-state index in [1.54, 1.807) is 10.6 Å². The van der Waals surface area contributed by atoms with E-state index in [4.69, 9.17) is 4.74 Å². The standard InChI is InChI=1S/C25H23FN2O2S/c1-2-30-17-16-28-23-20(26)14-9-15-21(23)31-25(28)27-24(29)22(18-10-5-3-6-11-18)19-12-7-4-8-13-19/h3-15,22H,2,16-17H2,1H3. The van der Waals surface area contributed by atoms with E-state index in [0.717, 1.165) is 15.8 Å². The van der Waals surface area contributed by atoms with Gasteiger partial charge < -0.3 is 9.30 Å². The van der Waals surface area contributed by atoms with Gasteiger partial charge in [0.15, 0.2) is 4.80 Å². The van der Waals surface area contributed by atoms with Crippen molar-refractivity contribution in [1.82, 2.24) is 4.57 Å². The number of amides is 1. The van der Waals surface area contributed by atoms with Gasteiger partial charge in [-0.3, -0.25) is 4.79 Å². The number of hydrogen-bond acceptors (Lipinski definition) is 3. The van der Waals surface area contributed by atoms with E-state index in [9.17, 15) is 9.18 Å². The number of rotatable bonds is 7. The molecule has 0 fully saturated rings. The van der Waals surface area contributed by atoms with Crippen LogP contribution in [0.15, 0.2) is 83.9 Å². The average Bonchev–Trinajstić information content (AvgIpc) is 3.14. The van der Waals surface area contributed by atoms with E-state index < -0.39 is 5.92 Å². The third-order valence-corrected chi connectivity index (χ3v) is 6.08. The molecular weight excluding hydrogens is 411 g/mol. The predicted octanol–water partition coefficient (Wildman–Crippen LogP) is 5.14. The lowest BCUT2D eigenvalue weighted by Gasteiger charge is -2.14. The molecular formula is C25H23FN2O2S. The molecule has 158 valence electrons. The van der Waals surface area contributed by atoms with Crippen LogP contribution in [0.25, 0.3) is 10.2 Å². The number of para-hydroxylation sites is 1. The van der Waals surface area contributed by atoms with Crippen LogP contribution in [-0.4, -0.2) is 23.7 Å². The first-order valence-corrected chi connectivity index (χ1v) is 11.0. The Labute approximate surface area is 184 Å². The molecule has 0 aliphatic heterocycles. The first-order chi connectivity index (χ1) is 15.2. The molecule has 0 N–H and O–H groups in total. The van der Waals surface area contributed by atoms with Gasteiger partial charge in [0.25, 0.3) is 5.91 Å². The third-order valence-electron chi connectivity index (χ3n) is 5.03. The van der Waals surface area contributed by atoms with Crippen molar-refractivity contribution in [3.63, 3.8) is 0 Å². The quantitative estimate of drug-likeness (QED) is 0.378. The Morgan fingerprint density at radius 3 is 2.26 bits per heavy atom. The van der Waals surface area contributed by atoms with Gasteiger partial charge in [-0.2, -0.15) is 4.99 Å². The number of carbonyl (C=O) groups excluding carboxylic acids is 1. The highest BCUT2D eigenvalue weighted by Crippen LogP contribution is 2.26. The smallest absolute Gasteiger partial charge is 0.260 e. The van der Waals surface area contributed by atoms with Crippen molar-refractivity contribution >= 4 is 27.5 Å². The summed E-state index contributed by atoms with van der Waals surface area (Å²) < 4.78 is 22.6. The van der Waals surface area contributed by atoms with Gasteiger partial charge in [0.1, 0.15) is 5.82 Å². The molecule has 0 bridgehead atoms. The molecule has 0 atom stereocenters. The van der Waals surface area contributed by atoms with Gasteiger partial charge in [0.05, 0.1) is 22.7 Å². The summed E-state index contributed by atoms with van der Waals surface area (Å²) in [6, 6.07) is 24.1. The summed E-state index contributed by atoms with van der Waals surface area (Å²) in [5.41, 5.74) is 2.20. The molecule has 1 amide bonds. The summed E-state index contributed by atoms with van der Waals surface area (Å²) in [6.45, 7) is 3.32. The molecule has 4 rings (SSSR count). The van der Waals surface area contributed by atoms with Gasteiger partial charge in [-0.25, -0.2) is 4.39 Å². The van der Waals surface area contributed by atoms with Crippen molar-refractivity contribution in [2.45, 2.75) is 19.4 Å². The second kappa shape index (κ2) is 9.81. The second-order valence-electron chi connectivity index (χ2n) is 7.02. The fraction of sp³-hybridized carbons (Fsp3) is 0.200. The van der Waals surface area contributed by atoms with E-state index in [2.05, 4.69) is 4.99 Å². The Kier molecular flexibility index (Phi) is 6.70. The van der Waals surface area contributed by atoms with Crippen molar-refractivity contribution < 1.29 is 13.9 Å². The summed E-state index contributed by atoms with van der Waals surface area (Å²) in [5, 5.41) is 0. The number of fused-ring (bicyclic) bond motifs is 1. The van der Waals surface area contributed by atoms with Crippen molar-refractivity contribution in [3.8, 4) is 0 Å². The number of ether oxygens (including phenoxy) is 1. The van der Waals surface area contributed by atoms with Crippen LogP contribution < -0.4 is 4.80 Å². The Bertz CT molecular complexity index is 1190. The zero-order chi connectivity index (χ0) is 21.6. The van der Waals surface area contributed by atoms with Crippen LogP contribution in [0.3, 0.4) is 0 Å². The van der Waals surface area contributed by atoms with E-state index >= 15 is 0 Å². The van der Waals surface area contributed by atoms with E-state index in [0.29, 0.717) is 30.1 Å². The van der Waals surface area contributed by atoms with Crippen molar-refractivity contribution in [1.29, 1.82) is 0 Å². The second-order valence-corrected chi connectivity index (χ2v) is 8.03. The number of halogens is 1. The van der Waals surface area contributed by atoms with Crippen LogP contribution in [0.2, 0.25) is 0 Å². The highest BCUT2D eigenvalue weighted by molar-refractivity contribution is 7.16. The minimum Gasteiger partial charge on any atom is -0.380 e. The molecule has 1 aromatic heterocycles. The molecule has 31 heavy (non-hydrogen) atoms. The molecule has 0 spiro atoms. The molecule has 4 aromatic rings. The summed E-state index contributed by atoms with van der Waals surface area (Å²) in [6.07, 6.45) is 0. The topological polar surface area (TPSA) is 43.6 Å². The number of aromatic nitrogens is 1. The maximum Gasteiger partial charge on any atom is 0.260 e. The summed E-state index contributed by atoms with van der Waals surface area (Å²) >= 11 is 1.31. The van der Waals surface area contributed by atoms with Crippen LogP contribution in [0.4, 0.5) is 4.39 Å². The number of benzene rings is 3. The Morgan fingerprint density at radius 1 is 1.00 bits per heavy atom. The van der Waals surface area contributed by atoms with Crippen molar-refractivity contribution in [2.24, 2.45) is 4.99 Å². The van der Waals surface area contributed by atoms with Gasteiger partial charge in [-0.15, -0.1) is 0 Å². The minimum atomic E-state index is -0.530.